The molecule has 20 heavy (non-hydrogen) atoms. The third kappa shape index (κ3) is 3.26. The van der Waals surface area contributed by atoms with Crippen LogP contribution in [0.4, 0.5) is 0 Å². The van der Waals surface area contributed by atoms with E-state index in [1.807, 2.05) is 12.4 Å². The fraction of sp³-hybridized carbons (Fsp3) is 0.188. The number of hydrogen-bond donors (Lipinski definition) is 1. The molecule has 4 heteroatoms. The molecular weight excluding hydrogens is 332 g/mol. The maximum absolute atomic E-state index is 4.17. The molecule has 3 rings (SSSR count). The standard InChI is InChI=1S/C16H15BrN2S/c17-16-5-4-14(20-16)6-8-18-10-12-2-1-3-13-11-19-9-7-15(12)13/h1-5,7,9,11,18H,6,8,10H2. The summed E-state index contributed by atoms with van der Waals surface area (Å²) >= 11 is 5.30. The van der Waals surface area contributed by atoms with Crippen LogP contribution in [-0.2, 0) is 13.0 Å². The van der Waals surface area contributed by atoms with Crippen LogP contribution >= 0.6 is 27.3 Å². The molecule has 0 bridgehead atoms. The van der Waals surface area contributed by atoms with E-state index in [2.05, 4.69) is 62.6 Å². The number of fused-ring (bicyclic) bond motifs is 1. The molecule has 0 spiro atoms. The highest BCUT2D eigenvalue weighted by atomic mass is 79.9. The molecule has 0 aliphatic carbocycles. The van der Waals surface area contributed by atoms with Crippen molar-refractivity contribution in [3.8, 4) is 0 Å². The lowest BCUT2D eigenvalue weighted by atomic mass is 10.1. The number of benzene rings is 1. The van der Waals surface area contributed by atoms with Crippen LogP contribution in [-0.4, -0.2) is 11.5 Å². The van der Waals surface area contributed by atoms with Gasteiger partial charge in [-0.25, -0.2) is 0 Å². The summed E-state index contributed by atoms with van der Waals surface area (Å²) in [7, 11) is 0. The first kappa shape index (κ1) is 13.7. The Kier molecular flexibility index (Phi) is 4.45. The highest BCUT2D eigenvalue weighted by Gasteiger charge is 2.01. The Morgan fingerprint density at radius 3 is 2.95 bits per heavy atom. The van der Waals surface area contributed by atoms with Gasteiger partial charge in [-0.2, -0.15) is 0 Å². The first-order chi connectivity index (χ1) is 9.83. The average molecular weight is 347 g/mol. The van der Waals surface area contributed by atoms with Crippen molar-refractivity contribution in [2.45, 2.75) is 13.0 Å². The lowest BCUT2D eigenvalue weighted by Gasteiger charge is -2.07. The lowest BCUT2D eigenvalue weighted by molar-refractivity contribution is 0.693. The van der Waals surface area contributed by atoms with Gasteiger partial charge in [-0.05, 0) is 51.5 Å². The predicted molar refractivity (Wildman–Crippen MR) is 89.2 cm³/mol. The second-order valence-electron chi connectivity index (χ2n) is 4.65. The van der Waals surface area contributed by atoms with Crippen molar-refractivity contribution in [3.63, 3.8) is 0 Å². The van der Waals surface area contributed by atoms with Crippen LogP contribution in [0, 0.1) is 0 Å². The zero-order valence-corrected chi connectivity index (χ0v) is 13.4. The van der Waals surface area contributed by atoms with E-state index in [1.165, 1.54) is 25.0 Å². The van der Waals surface area contributed by atoms with Crippen molar-refractivity contribution in [3.05, 3.63) is 63.0 Å². The summed E-state index contributed by atoms with van der Waals surface area (Å²) in [6.07, 6.45) is 4.85. The molecule has 0 saturated carbocycles. The molecule has 1 N–H and O–H groups in total. The third-order valence-corrected chi connectivity index (χ3v) is 4.95. The lowest BCUT2D eigenvalue weighted by Crippen LogP contribution is -2.16. The predicted octanol–water partition coefficient (Wildman–Crippen LogP) is 4.39. The van der Waals surface area contributed by atoms with Crippen molar-refractivity contribution in [2.24, 2.45) is 0 Å². The molecule has 2 nitrogen and oxygen atoms in total. The summed E-state index contributed by atoms with van der Waals surface area (Å²) in [6, 6.07) is 12.8. The van der Waals surface area contributed by atoms with Gasteiger partial charge in [-0.15, -0.1) is 11.3 Å². The van der Waals surface area contributed by atoms with Gasteiger partial charge in [0.2, 0.25) is 0 Å². The summed E-state index contributed by atoms with van der Waals surface area (Å²) in [4.78, 5) is 5.58. The van der Waals surface area contributed by atoms with Crippen LogP contribution in [0.5, 0.6) is 0 Å². The van der Waals surface area contributed by atoms with Crippen LogP contribution in [0.2, 0.25) is 0 Å². The summed E-state index contributed by atoms with van der Waals surface area (Å²) in [5.41, 5.74) is 1.33. The fourth-order valence-corrected chi connectivity index (χ4v) is 3.75. The van der Waals surface area contributed by atoms with Gasteiger partial charge >= 0.3 is 0 Å². The molecule has 2 heterocycles. The molecule has 3 aromatic rings. The Morgan fingerprint density at radius 1 is 1.15 bits per heavy atom. The Hall–Kier alpha value is -1.23. The first-order valence-electron chi connectivity index (χ1n) is 6.59. The minimum Gasteiger partial charge on any atom is -0.312 e. The maximum atomic E-state index is 4.17. The van der Waals surface area contributed by atoms with Gasteiger partial charge in [0, 0.05) is 35.7 Å². The zero-order chi connectivity index (χ0) is 13.8. The highest BCUT2D eigenvalue weighted by molar-refractivity contribution is 9.11. The number of hydrogen-bond acceptors (Lipinski definition) is 3. The maximum Gasteiger partial charge on any atom is 0.0701 e. The Balaban J connectivity index is 1.60. The van der Waals surface area contributed by atoms with Gasteiger partial charge in [0.1, 0.15) is 0 Å². The van der Waals surface area contributed by atoms with Crippen molar-refractivity contribution in [2.75, 3.05) is 6.54 Å². The van der Waals surface area contributed by atoms with E-state index in [-0.39, 0.29) is 0 Å². The molecule has 0 unspecified atom stereocenters. The van der Waals surface area contributed by atoms with Crippen LogP contribution in [0.3, 0.4) is 0 Å². The Morgan fingerprint density at radius 2 is 2.10 bits per heavy atom. The molecule has 0 fully saturated rings. The van der Waals surface area contributed by atoms with Crippen molar-refractivity contribution in [1.29, 1.82) is 0 Å². The minimum atomic E-state index is 0.897. The van der Waals surface area contributed by atoms with E-state index in [9.17, 15) is 0 Å². The van der Waals surface area contributed by atoms with Gasteiger partial charge in [-0.1, -0.05) is 18.2 Å². The zero-order valence-electron chi connectivity index (χ0n) is 11.0. The number of thiophene rings is 1. The van der Waals surface area contributed by atoms with Gasteiger partial charge < -0.3 is 5.32 Å². The highest BCUT2D eigenvalue weighted by Crippen LogP contribution is 2.22. The number of pyridine rings is 1. The molecule has 0 radical (unpaired) electrons. The van der Waals surface area contributed by atoms with Crippen LogP contribution in [0.1, 0.15) is 10.4 Å². The third-order valence-electron chi connectivity index (χ3n) is 3.26. The van der Waals surface area contributed by atoms with E-state index in [1.54, 1.807) is 11.3 Å². The molecule has 1 aromatic carbocycles. The van der Waals surface area contributed by atoms with E-state index in [0.29, 0.717) is 0 Å². The van der Waals surface area contributed by atoms with Crippen LogP contribution in [0.25, 0.3) is 10.8 Å². The largest absolute Gasteiger partial charge is 0.312 e. The van der Waals surface area contributed by atoms with E-state index < -0.39 is 0 Å². The Labute approximate surface area is 131 Å². The fourth-order valence-electron chi connectivity index (χ4n) is 2.26. The SMILES string of the molecule is Brc1ccc(CCNCc2cccc3cnccc23)s1. The quantitative estimate of drug-likeness (QED) is 0.693. The second kappa shape index (κ2) is 6.48. The normalized spacial score (nSPS) is 11.1. The van der Waals surface area contributed by atoms with Gasteiger partial charge in [0.15, 0.2) is 0 Å². The number of aromatic nitrogens is 1. The number of halogens is 1. The van der Waals surface area contributed by atoms with Crippen LogP contribution < -0.4 is 5.32 Å². The summed E-state index contributed by atoms with van der Waals surface area (Å²) in [5, 5.41) is 6.01. The minimum absolute atomic E-state index is 0.897. The van der Waals surface area contributed by atoms with Crippen molar-refractivity contribution in [1.82, 2.24) is 10.3 Å². The Bertz CT molecular complexity index is 703. The van der Waals surface area contributed by atoms with E-state index >= 15 is 0 Å². The average Bonchev–Trinajstić information content (AvgIpc) is 2.89. The molecule has 0 aliphatic heterocycles. The van der Waals surface area contributed by atoms with Gasteiger partial charge in [0.25, 0.3) is 0 Å². The monoisotopic (exact) mass is 346 g/mol. The van der Waals surface area contributed by atoms with E-state index in [4.69, 9.17) is 0 Å². The van der Waals surface area contributed by atoms with E-state index in [0.717, 1.165) is 19.5 Å². The number of nitrogens with zero attached hydrogens (tertiary/aromatic N) is 1. The number of nitrogens with one attached hydrogen (secondary N) is 1. The number of rotatable bonds is 5. The smallest absolute Gasteiger partial charge is 0.0701 e. The molecular formula is C16H15BrN2S. The summed E-state index contributed by atoms with van der Waals surface area (Å²) in [6.45, 7) is 1.89. The molecule has 0 atom stereocenters. The van der Waals surface area contributed by atoms with Gasteiger partial charge in [0.05, 0.1) is 3.79 Å². The van der Waals surface area contributed by atoms with Crippen molar-refractivity contribution >= 4 is 38.0 Å². The first-order valence-corrected chi connectivity index (χ1v) is 8.20. The summed E-state index contributed by atoms with van der Waals surface area (Å²) in [5.74, 6) is 0. The topological polar surface area (TPSA) is 24.9 Å². The summed E-state index contributed by atoms with van der Waals surface area (Å²) < 4.78 is 1.20. The molecule has 0 saturated heterocycles. The van der Waals surface area contributed by atoms with Crippen LogP contribution in [0.15, 0.2) is 52.6 Å². The van der Waals surface area contributed by atoms with Crippen molar-refractivity contribution < 1.29 is 0 Å². The molecule has 0 amide bonds. The van der Waals surface area contributed by atoms with Gasteiger partial charge in [-0.3, -0.25) is 4.98 Å². The molecule has 2 aromatic heterocycles. The molecule has 0 aliphatic rings. The second-order valence-corrected chi connectivity index (χ2v) is 7.19. The molecule has 102 valence electrons.